The molecule has 0 saturated carbocycles. The molecule has 0 aliphatic heterocycles. The van der Waals surface area contributed by atoms with Gasteiger partial charge in [-0.3, -0.25) is 9.89 Å². The van der Waals surface area contributed by atoms with Crippen LogP contribution < -0.4 is 5.32 Å². The number of nitrogens with zero attached hydrogens (tertiary/aromatic N) is 3. The minimum absolute atomic E-state index is 0.296. The van der Waals surface area contributed by atoms with Crippen LogP contribution in [0.3, 0.4) is 0 Å². The summed E-state index contributed by atoms with van der Waals surface area (Å²) >= 11 is 3.42. The highest BCUT2D eigenvalue weighted by Gasteiger charge is 2.15. The molecule has 0 radical (unpaired) electrons. The Bertz CT molecular complexity index is 1120. The van der Waals surface area contributed by atoms with E-state index in [1.807, 2.05) is 36.2 Å². The predicted octanol–water partition coefficient (Wildman–Crippen LogP) is 3.38. The Balaban J connectivity index is 1.58. The summed E-state index contributed by atoms with van der Waals surface area (Å²) in [6.45, 7) is 1.22. The number of alkyl carbamates (subject to hydrolysis) is 1. The van der Waals surface area contributed by atoms with E-state index in [0.717, 1.165) is 20.9 Å². The van der Waals surface area contributed by atoms with E-state index < -0.39 is 6.09 Å². The summed E-state index contributed by atoms with van der Waals surface area (Å²) in [6, 6.07) is 10.8. The van der Waals surface area contributed by atoms with Crippen LogP contribution in [0.2, 0.25) is 0 Å². The van der Waals surface area contributed by atoms with Crippen LogP contribution in [-0.4, -0.2) is 72.8 Å². The minimum atomic E-state index is -0.648. The largest absolute Gasteiger partial charge is 0.439 e. The first kappa shape index (κ1) is 23.7. The second kappa shape index (κ2) is 10.6. The average Bonchev–Trinajstić information content (AvgIpc) is 3.18. The fraction of sp³-hybridized carbons (Fsp3) is 0.318. The number of hydrogen-bond acceptors (Lipinski definition) is 5. The maximum atomic E-state index is 14.9. The quantitative estimate of drug-likeness (QED) is 0.489. The number of aromatic nitrogens is 2. The number of carbonyl (C=O) groups excluding carboxylic acids is 2. The summed E-state index contributed by atoms with van der Waals surface area (Å²) in [6.07, 6.45) is -0.648. The number of carbonyl (C=O) groups is 2. The molecule has 32 heavy (non-hydrogen) atoms. The highest BCUT2D eigenvalue weighted by molar-refractivity contribution is 9.10. The third-order valence-corrected chi connectivity index (χ3v) is 5.53. The van der Waals surface area contributed by atoms with Gasteiger partial charge in [0.15, 0.2) is 6.61 Å². The number of benzene rings is 2. The molecule has 0 saturated heterocycles. The first-order valence-corrected chi connectivity index (χ1v) is 10.8. The molecule has 2 amide bonds. The summed E-state index contributed by atoms with van der Waals surface area (Å²) in [5, 5.41) is 10.4. The highest BCUT2D eigenvalue weighted by atomic mass is 79.9. The van der Waals surface area contributed by atoms with E-state index in [2.05, 4.69) is 31.4 Å². The van der Waals surface area contributed by atoms with Gasteiger partial charge in [0, 0.05) is 49.2 Å². The number of halogens is 2. The van der Waals surface area contributed by atoms with E-state index in [1.54, 1.807) is 13.1 Å². The number of nitrogens with one attached hydrogen (secondary N) is 2. The topological polar surface area (TPSA) is 90.6 Å². The molecule has 1 heterocycles. The van der Waals surface area contributed by atoms with Crippen molar-refractivity contribution in [3.63, 3.8) is 0 Å². The molecule has 0 spiro atoms. The molecule has 8 nitrogen and oxygen atoms in total. The van der Waals surface area contributed by atoms with Crippen LogP contribution in [0.5, 0.6) is 0 Å². The van der Waals surface area contributed by atoms with Crippen molar-refractivity contribution in [2.75, 3.05) is 40.8 Å². The Hall–Kier alpha value is -2.98. The zero-order chi connectivity index (χ0) is 23.3. The third-order valence-electron chi connectivity index (χ3n) is 5.04. The Morgan fingerprint density at radius 2 is 1.97 bits per heavy atom. The predicted molar refractivity (Wildman–Crippen MR) is 124 cm³/mol. The molecule has 0 fully saturated rings. The maximum Gasteiger partial charge on any atom is 0.407 e. The first-order valence-electron chi connectivity index (χ1n) is 9.98. The summed E-state index contributed by atoms with van der Waals surface area (Å²) < 4.78 is 20.6. The number of ether oxygens (including phenoxy) is 1. The lowest BCUT2D eigenvalue weighted by atomic mass is 10.0. The third kappa shape index (κ3) is 5.83. The van der Waals surface area contributed by atoms with Gasteiger partial charge in [-0.05, 0) is 42.9 Å². The Labute approximate surface area is 193 Å². The zero-order valence-electron chi connectivity index (χ0n) is 18.1. The van der Waals surface area contributed by atoms with E-state index in [4.69, 9.17) is 4.74 Å². The lowest BCUT2D eigenvalue weighted by molar-refractivity contribution is -0.133. The van der Waals surface area contributed by atoms with Crippen LogP contribution in [0.15, 0.2) is 40.9 Å². The van der Waals surface area contributed by atoms with Crippen molar-refractivity contribution in [1.29, 1.82) is 0 Å². The van der Waals surface area contributed by atoms with Crippen molar-refractivity contribution in [2.45, 2.75) is 6.54 Å². The molecule has 10 heteroatoms. The van der Waals surface area contributed by atoms with Gasteiger partial charge in [0.1, 0.15) is 11.5 Å². The number of H-pyrrole nitrogens is 1. The molecule has 2 aromatic carbocycles. The number of amides is 2. The fourth-order valence-electron chi connectivity index (χ4n) is 3.19. The highest BCUT2D eigenvalue weighted by Crippen LogP contribution is 2.30. The molecular weight excluding hydrogens is 481 g/mol. The standard InChI is InChI=1S/C22H25BrFN5O3/c1-25-22(31)32-13-20(30)29(3)9-8-28(2)12-14-4-6-16(18(24)10-14)21-17-7-5-15(23)11-19(17)26-27-21/h4-7,10-11H,8-9,12-13H2,1-3H3,(H,25,31)(H,26,27). The lowest BCUT2D eigenvalue weighted by Crippen LogP contribution is -2.37. The maximum absolute atomic E-state index is 14.9. The SMILES string of the molecule is CNC(=O)OCC(=O)N(C)CCN(C)Cc1ccc(-c2n[nH]c3cc(Br)ccc23)c(F)c1. The molecule has 0 aliphatic carbocycles. The van der Waals surface area contributed by atoms with Crippen LogP contribution in [-0.2, 0) is 16.1 Å². The van der Waals surface area contributed by atoms with Gasteiger partial charge in [-0.25, -0.2) is 9.18 Å². The number of rotatable bonds is 8. The molecule has 0 bridgehead atoms. The van der Waals surface area contributed by atoms with E-state index in [-0.39, 0.29) is 18.3 Å². The molecule has 0 unspecified atom stereocenters. The average molecular weight is 506 g/mol. The van der Waals surface area contributed by atoms with Gasteiger partial charge in [0.05, 0.1) is 5.52 Å². The van der Waals surface area contributed by atoms with Crippen LogP contribution in [0.25, 0.3) is 22.2 Å². The molecule has 170 valence electrons. The van der Waals surface area contributed by atoms with E-state index in [0.29, 0.717) is 30.9 Å². The van der Waals surface area contributed by atoms with Crippen molar-refractivity contribution in [1.82, 2.24) is 25.3 Å². The van der Waals surface area contributed by atoms with Crippen LogP contribution in [0.1, 0.15) is 5.56 Å². The number of hydrogen-bond donors (Lipinski definition) is 2. The van der Waals surface area contributed by atoms with E-state index in [9.17, 15) is 14.0 Å². The number of fused-ring (bicyclic) bond motifs is 1. The van der Waals surface area contributed by atoms with Gasteiger partial charge in [-0.2, -0.15) is 5.10 Å². The zero-order valence-corrected chi connectivity index (χ0v) is 19.7. The molecule has 0 aliphatic rings. The molecule has 0 atom stereocenters. The van der Waals surface area contributed by atoms with Crippen molar-refractivity contribution >= 4 is 38.8 Å². The Morgan fingerprint density at radius 3 is 2.69 bits per heavy atom. The Morgan fingerprint density at radius 1 is 1.19 bits per heavy atom. The summed E-state index contributed by atoms with van der Waals surface area (Å²) in [5.74, 6) is -0.637. The van der Waals surface area contributed by atoms with Crippen molar-refractivity contribution in [2.24, 2.45) is 0 Å². The van der Waals surface area contributed by atoms with Crippen molar-refractivity contribution < 1.29 is 18.7 Å². The smallest absolute Gasteiger partial charge is 0.407 e. The molecule has 2 N–H and O–H groups in total. The molecular formula is C22H25BrFN5O3. The van der Waals surface area contributed by atoms with Gasteiger partial charge in [0.2, 0.25) is 0 Å². The van der Waals surface area contributed by atoms with Crippen molar-refractivity contribution in [3.8, 4) is 11.3 Å². The fourth-order valence-corrected chi connectivity index (χ4v) is 3.55. The normalized spacial score (nSPS) is 11.1. The molecule has 1 aromatic heterocycles. The van der Waals surface area contributed by atoms with Gasteiger partial charge >= 0.3 is 6.09 Å². The van der Waals surface area contributed by atoms with Gasteiger partial charge < -0.3 is 19.9 Å². The summed E-state index contributed by atoms with van der Waals surface area (Å²) in [4.78, 5) is 26.5. The minimum Gasteiger partial charge on any atom is -0.439 e. The second-order valence-electron chi connectivity index (χ2n) is 7.46. The lowest BCUT2D eigenvalue weighted by Gasteiger charge is -2.22. The molecule has 3 aromatic rings. The summed E-state index contributed by atoms with van der Waals surface area (Å²) in [7, 11) is 4.96. The number of likely N-dealkylation sites (N-methyl/N-ethyl adjacent to an activating group) is 2. The van der Waals surface area contributed by atoms with Crippen LogP contribution in [0, 0.1) is 5.82 Å². The van der Waals surface area contributed by atoms with Crippen LogP contribution >= 0.6 is 15.9 Å². The van der Waals surface area contributed by atoms with E-state index >= 15 is 0 Å². The van der Waals surface area contributed by atoms with E-state index in [1.165, 1.54) is 18.0 Å². The van der Waals surface area contributed by atoms with Gasteiger partial charge in [-0.1, -0.05) is 22.0 Å². The summed E-state index contributed by atoms with van der Waals surface area (Å²) in [5.41, 5.74) is 2.65. The molecule has 3 rings (SSSR count). The van der Waals surface area contributed by atoms with Crippen molar-refractivity contribution in [3.05, 3.63) is 52.3 Å². The van der Waals surface area contributed by atoms with Crippen LogP contribution in [0.4, 0.5) is 9.18 Å². The number of aromatic amines is 1. The van der Waals surface area contributed by atoms with Gasteiger partial charge in [-0.15, -0.1) is 0 Å². The monoisotopic (exact) mass is 505 g/mol. The Kier molecular flexibility index (Phi) is 7.81. The van der Waals surface area contributed by atoms with Gasteiger partial charge in [0.25, 0.3) is 5.91 Å². The second-order valence-corrected chi connectivity index (χ2v) is 8.37. The first-order chi connectivity index (χ1) is 15.3.